The molecule has 0 fully saturated rings. The summed E-state index contributed by atoms with van der Waals surface area (Å²) >= 11 is 1.36. The first-order valence-electron chi connectivity index (χ1n) is 8.52. The van der Waals surface area contributed by atoms with Gasteiger partial charge >= 0.3 is 0 Å². The molecule has 0 radical (unpaired) electrons. The molecule has 0 aliphatic heterocycles. The van der Waals surface area contributed by atoms with Crippen LogP contribution in [-0.2, 0) is 9.84 Å². The Morgan fingerprint density at radius 3 is 2.19 bits per heavy atom. The number of rotatable bonds is 5. The Hall–Kier alpha value is -2.18. The third-order valence-electron chi connectivity index (χ3n) is 4.39. The number of hydrogen-bond donors (Lipinski definition) is 0. The Balaban J connectivity index is 2.39. The molecule has 0 bridgehead atoms. The van der Waals surface area contributed by atoms with Crippen LogP contribution in [0.4, 0.5) is 5.00 Å². The van der Waals surface area contributed by atoms with Gasteiger partial charge in [-0.05, 0) is 45.0 Å². The predicted molar refractivity (Wildman–Crippen MR) is 108 cm³/mol. The van der Waals surface area contributed by atoms with Gasteiger partial charge < -0.3 is 4.90 Å². The molecule has 0 spiro atoms. The highest BCUT2D eigenvalue weighted by molar-refractivity contribution is 7.91. The molecule has 0 atom stereocenters. The highest BCUT2D eigenvalue weighted by Gasteiger charge is 2.29. The summed E-state index contributed by atoms with van der Waals surface area (Å²) in [5, 5.41) is 0.957. The van der Waals surface area contributed by atoms with Crippen LogP contribution in [-0.4, -0.2) is 21.5 Å². The van der Waals surface area contributed by atoms with Crippen LogP contribution < -0.4 is 10.3 Å². The zero-order chi connectivity index (χ0) is 18.9. The van der Waals surface area contributed by atoms with Crippen molar-refractivity contribution in [2.45, 2.75) is 30.6 Å². The van der Waals surface area contributed by atoms with Crippen LogP contribution in [0.1, 0.15) is 19.4 Å². The molecule has 4 nitrogen and oxygen atoms in total. The number of nitrogens with zero attached hydrogens (tertiary/aromatic N) is 1. The van der Waals surface area contributed by atoms with Crippen LogP contribution >= 0.6 is 11.3 Å². The maximum absolute atomic E-state index is 13.3. The van der Waals surface area contributed by atoms with Crippen molar-refractivity contribution >= 4 is 36.3 Å². The lowest BCUT2D eigenvalue weighted by Gasteiger charge is -2.23. The predicted octanol–water partition coefficient (Wildman–Crippen LogP) is 4.25. The third-order valence-corrected chi connectivity index (χ3v) is 7.56. The largest absolute Gasteiger partial charge is 0.363 e. The summed E-state index contributed by atoms with van der Waals surface area (Å²) in [5.74, 6) is 0. The number of hydrogen-bond acceptors (Lipinski definition) is 5. The monoisotopic (exact) mass is 387 g/mol. The van der Waals surface area contributed by atoms with Gasteiger partial charge in [0.2, 0.25) is 15.3 Å². The van der Waals surface area contributed by atoms with E-state index in [9.17, 15) is 13.2 Å². The van der Waals surface area contributed by atoms with Crippen LogP contribution in [0.2, 0.25) is 0 Å². The zero-order valence-electron chi connectivity index (χ0n) is 15.0. The second-order valence-electron chi connectivity index (χ2n) is 6.05. The highest BCUT2D eigenvalue weighted by atomic mass is 32.2. The summed E-state index contributed by atoms with van der Waals surface area (Å²) in [7, 11) is -3.92. The molecule has 6 heteroatoms. The van der Waals surface area contributed by atoms with Gasteiger partial charge in [-0.2, -0.15) is 0 Å². The van der Waals surface area contributed by atoms with Crippen LogP contribution in [0.5, 0.6) is 0 Å². The van der Waals surface area contributed by atoms with Crippen molar-refractivity contribution < 1.29 is 8.42 Å². The van der Waals surface area contributed by atoms with Gasteiger partial charge in [-0.15, -0.1) is 11.3 Å². The SMILES string of the molecule is CCN(CC)c1sc2ccccc2c(=O)c1S(=O)(=O)c1ccc(C)cc1. The van der Waals surface area contributed by atoms with Gasteiger partial charge in [0.05, 0.1) is 4.90 Å². The molecular weight excluding hydrogens is 366 g/mol. The van der Waals surface area contributed by atoms with Gasteiger partial charge in [0.15, 0.2) is 4.90 Å². The average molecular weight is 388 g/mol. The fraction of sp³-hybridized carbons (Fsp3) is 0.250. The van der Waals surface area contributed by atoms with E-state index in [1.165, 1.54) is 11.3 Å². The van der Waals surface area contributed by atoms with E-state index in [-0.39, 0.29) is 9.79 Å². The van der Waals surface area contributed by atoms with Crippen molar-refractivity contribution in [3.8, 4) is 0 Å². The molecule has 0 saturated heterocycles. The van der Waals surface area contributed by atoms with Crippen molar-refractivity contribution in [3.63, 3.8) is 0 Å². The van der Waals surface area contributed by atoms with E-state index in [2.05, 4.69) is 0 Å². The molecule has 26 heavy (non-hydrogen) atoms. The lowest BCUT2D eigenvalue weighted by molar-refractivity contribution is 0.595. The third kappa shape index (κ3) is 3.15. The number of aryl methyl sites for hydroxylation is 1. The van der Waals surface area contributed by atoms with E-state index in [1.54, 1.807) is 36.4 Å². The van der Waals surface area contributed by atoms with E-state index in [0.717, 1.165) is 10.3 Å². The molecule has 0 aliphatic carbocycles. The quantitative estimate of drug-likeness (QED) is 0.657. The summed E-state index contributed by atoms with van der Waals surface area (Å²) in [4.78, 5) is 15.1. The molecule has 0 amide bonds. The average Bonchev–Trinajstić information content (AvgIpc) is 2.63. The summed E-state index contributed by atoms with van der Waals surface area (Å²) in [6.45, 7) is 7.06. The molecule has 1 heterocycles. The second-order valence-corrected chi connectivity index (χ2v) is 8.97. The molecule has 1 aromatic heterocycles. The van der Waals surface area contributed by atoms with Gasteiger partial charge in [0.1, 0.15) is 5.00 Å². The van der Waals surface area contributed by atoms with E-state index in [1.807, 2.05) is 37.8 Å². The first-order chi connectivity index (χ1) is 12.4. The molecule has 3 rings (SSSR count). The number of anilines is 1. The highest BCUT2D eigenvalue weighted by Crippen LogP contribution is 2.35. The van der Waals surface area contributed by atoms with E-state index in [4.69, 9.17) is 0 Å². The molecule has 0 unspecified atom stereocenters. The molecule has 0 saturated carbocycles. The smallest absolute Gasteiger partial charge is 0.213 e. The van der Waals surface area contributed by atoms with E-state index < -0.39 is 15.3 Å². The van der Waals surface area contributed by atoms with Gasteiger partial charge in [-0.25, -0.2) is 8.42 Å². The fourth-order valence-corrected chi connectivity index (χ4v) is 6.00. The summed E-state index contributed by atoms with van der Waals surface area (Å²) < 4.78 is 27.5. The molecule has 3 aromatic rings. The minimum absolute atomic E-state index is 0.117. The maximum Gasteiger partial charge on any atom is 0.213 e. The van der Waals surface area contributed by atoms with Gasteiger partial charge in [-0.3, -0.25) is 4.79 Å². The number of sulfone groups is 1. The Morgan fingerprint density at radius 1 is 0.962 bits per heavy atom. The van der Waals surface area contributed by atoms with Gasteiger partial charge in [0, 0.05) is 23.2 Å². The Bertz CT molecular complexity index is 1100. The standard InChI is InChI=1S/C20H21NO3S2/c1-4-21(5-2)20-19(18(22)16-8-6-7-9-17(16)25-20)26(23,24)15-12-10-14(3)11-13-15/h6-13H,4-5H2,1-3H3. The van der Waals surface area contributed by atoms with Crippen molar-refractivity contribution in [1.82, 2.24) is 0 Å². The first kappa shape index (κ1) is 18.6. The van der Waals surface area contributed by atoms with Crippen LogP contribution in [0.15, 0.2) is 63.1 Å². The molecule has 136 valence electrons. The van der Waals surface area contributed by atoms with Gasteiger partial charge in [0.25, 0.3) is 0 Å². The summed E-state index contributed by atoms with van der Waals surface area (Å²) in [6.07, 6.45) is 0. The lowest BCUT2D eigenvalue weighted by atomic mass is 10.2. The Morgan fingerprint density at radius 2 is 1.58 bits per heavy atom. The molecule has 0 aliphatic rings. The minimum Gasteiger partial charge on any atom is -0.363 e. The van der Waals surface area contributed by atoms with Crippen LogP contribution in [0, 0.1) is 6.92 Å². The van der Waals surface area contributed by atoms with Gasteiger partial charge in [-0.1, -0.05) is 29.8 Å². The number of benzene rings is 2. The van der Waals surface area contributed by atoms with Crippen LogP contribution in [0.3, 0.4) is 0 Å². The van der Waals surface area contributed by atoms with Crippen LogP contribution in [0.25, 0.3) is 10.1 Å². The number of fused-ring (bicyclic) bond motifs is 1. The topological polar surface area (TPSA) is 54.5 Å². The zero-order valence-corrected chi connectivity index (χ0v) is 16.7. The minimum atomic E-state index is -3.92. The van der Waals surface area contributed by atoms with Crippen molar-refractivity contribution in [2.75, 3.05) is 18.0 Å². The first-order valence-corrected chi connectivity index (χ1v) is 10.8. The Labute approximate surface area is 157 Å². The second kappa shape index (κ2) is 7.21. The van der Waals surface area contributed by atoms with E-state index in [0.29, 0.717) is 23.5 Å². The van der Waals surface area contributed by atoms with Crippen molar-refractivity contribution in [2.24, 2.45) is 0 Å². The fourth-order valence-electron chi connectivity index (χ4n) is 2.90. The van der Waals surface area contributed by atoms with Crippen molar-refractivity contribution in [1.29, 1.82) is 0 Å². The van der Waals surface area contributed by atoms with Crippen molar-refractivity contribution in [3.05, 3.63) is 64.3 Å². The maximum atomic E-state index is 13.3. The lowest BCUT2D eigenvalue weighted by Crippen LogP contribution is -2.27. The Kier molecular flexibility index (Phi) is 5.16. The molecule has 0 N–H and O–H groups in total. The summed E-state index contributed by atoms with van der Waals surface area (Å²) in [5.41, 5.74) is 0.540. The normalized spacial score (nSPS) is 11.7. The summed E-state index contributed by atoms with van der Waals surface area (Å²) in [6, 6.07) is 13.8. The van der Waals surface area contributed by atoms with E-state index >= 15 is 0 Å². The molecular formula is C20H21NO3S2. The molecule has 2 aromatic carbocycles.